The number of hydrogen-bond donors (Lipinski definition) is 2. The summed E-state index contributed by atoms with van der Waals surface area (Å²) in [6.45, 7) is 5.44. The molecule has 98 valence electrons. The van der Waals surface area contributed by atoms with Gasteiger partial charge in [-0.15, -0.1) is 0 Å². The topological polar surface area (TPSA) is 37.0 Å². The van der Waals surface area contributed by atoms with Crippen molar-refractivity contribution < 1.29 is 4.74 Å². The van der Waals surface area contributed by atoms with Crippen LogP contribution in [0, 0.1) is 0 Å². The van der Waals surface area contributed by atoms with E-state index in [2.05, 4.69) is 36.3 Å². The number of rotatable bonds is 5. The average Bonchev–Trinajstić information content (AvgIpc) is 2.74. The largest absolute Gasteiger partial charge is 0.497 e. The minimum atomic E-state index is 0.509. The van der Waals surface area contributed by atoms with Crippen LogP contribution < -0.4 is 10.1 Å². The van der Waals surface area contributed by atoms with E-state index in [-0.39, 0.29) is 0 Å². The molecule has 0 bridgehead atoms. The van der Waals surface area contributed by atoms with Crippen LogP contribution in [0.5, 0.6) is 5.75 Å². The zero-order valence-electron chi connectivity index (χ0n) is 11.6. The zero-order chi connectivity index (χ0) is 13.1. The molecule has 2 aromatic rings. The van der Waals surface area contributed by atoms with E-state index in [0.29, 0.717) is 5.92 Å². The fraction of sp³-hybridized carbons (Fsp3) is 0.467. The van der Waals surface area contributed by atoms with Gasteiger partial charge in [-0.05, 0) is 49.7 Å². The monoisotopic (exact) mass is 246 g/mol. The molecule has 1 heterocycles. The highest BCUT2D eigenvalue weighted by atomic mass is 16.5. The highest BCUT2D eigenvalue weighted by Crippen LogP contribution is 2.30. The van der Waals surface area contributed by atoms with Crippen molar-refractivity contribution >= 4 is 10.9 Å². The Morgan fingerprint density at radius 3 is 2.72 bits per heavy atom. The lowest BCUT2D eigenvalue weighted by Gasteiger charge is -2.07. The van der Waals surface area contributed by atoms with Crippen LogP contribution in [0.25, 0.3) is 10.9 Å². The average molecular weight is 246 g/mol. The van der Waals surface area contributed by atoms with E-state index < -0.39 is 0 Å². The van der Waals surface area contributed by atoms with E-state index in [4.69, 9.17) is 4.74 Å². The highest BCUT2D eigenvalue weighted by Gasteiger charge is 2.14. The second kappa shape index (κ2) is 5.44. The third kappa shape index (κ3) is 2.36. The molecule has 1 aromatic carbocycles. The van der Waals surface area contributed by atoms with E-state index in [1.54, 1.807) is 7.11 Å². The van der Waals surface area contributed by atoms with Crippen LogP contribution in [-0.4, -0.2) is 25.7 Å². The van der Waals surface area contributed by atoms with Gasteiger partial charge in [0.25, 0.3) is 0 Å². The Hall–Kier alpha value is -1.48. The van der Waals surface area contributed by atoms with Gasteiger partial charge in [0.2, 0.25) is 0 Å². The van der Waals surface area contributed by atoms with Crippen molar-refractivity contribution in [2.24, 2.45) is 0 Å². The Bertz CT molecular complexity index is 529. The molecule has 0 aliphatic rings. The lowest BCUT2D eigenvalue weighted by Crippen LogP contribution is -2.11. The third-order valence-corrected chi connectivity index (χ3v) is 3.35. The van der Waals surface area contributed by atoms with Gasteiger partial charge >= 0.3 is 0 Å². The van der Waals surface area contributed by atoms with Gasteiger partial charge in [-0.3, -0.25) is 0 Å². The number of aromatic amines is 1. The van der Waals surface area contributed by atoms with Crippen LogP contribution in [0.4, 0.5) is 0 Å². The van der Waals surface area contributed by atoms with E-state index in [9.17, 15) is 0 Å². The molecule has 2 N–H and O–H groups in total. The lowest BCUT2D eigenvalue weighted by atomic mass is 10.0. The van der Waals surface area contributed by atoms with Crippen molar-refractivity contribution in [3.8, 4) is 5.75 Å². The number of ether oxygens (including phenoxy) is 1. The lowest BCUT2D eigenvalue weighted by molar-refractivity contribution is 0.415. The number of fused-ring (bicyclic) bond motifs is 1. The van der Waals surface area contributed by atoms with Crippen molar-refractivity contribution in [3.63, 3.8) is 0 Å². The highest BCUT2D eigenvalue weighted by molar-refractivity contribution is 5.86. The minimum Gasteiger partial charge on any atom is -0.497 e. The van der Waals surface area contributed by atoms with Gasteiger partial charge < -0.3 is 15.0 Å². The van der Waals surface area contributed by atoms with E-state index in [1.807, 2.05) is 13.1 Å². The molecule has 0 aliphatic heterocycles. The van der Waals surface area contributed by atoms with Crippen LogP contribution in [0.2, 0.25) is 0 Å². The van der Waals surface area contributed by atoms with E-state index >= 15 is 0 Å². The Balaban J connectivity index is 2.54. The first-order valence-corrected chi connectivity index (χ1v) is 6.50. The number of H-pyrrole nitrogens is 1. The second-order valence-corrected chi connectivity index (χ2v) is 4.94. The van der Waals surface area contributed by atoms with Crippen molar-refractivity contribution in [2.75, 3.05) is 20.7 Å². The molecular weight excluding hydrogens is 224 g/mol. The Morgan fingerprint density at radius 1 is 1.33 bits per heavy atom. The van der Waals surface area contributed by atoms with Gasteiger partial charge in [-0.25, -0.2) is 0 Å². The molecule has 0 amide bonds. The number of aromatic nitrogens is 1. The predicted molar refractivity (Wildman–Crippen MR) is 76.6 cm³/mol. The van der Waals surface area contributed by atoms with Gasteiger partial charge in [0.15, 0.2) is 0 Å². The summed E-state index contributed by atoms with van der Waals surface area (Å²) in [5, 5.41) is 4.51. The van der Waals surface area contributed by atoms with E-state index in [1.165, 1.54) is 22.2 Å². The number of hydrogen-bond acceptors (Lipinski definition) is 2. The van der Waals surface area contributed by atoms with Crippen LogP contribution in [-0.2, 0) is 6.42 Å². The fourth-order valence-electron chi connectivity index (χ4n) is 2.39. The first-order chi connectivity index (χ1) is 8.67. The summed E-state index contributed by atoms with van der Waals surface area (Å²) in [6.07, 6.45) is 1.04. The second-order valence-electron chi connectivity index (χ2n) is 4.94. The summed E-state index contributed by atoms with van der Waals surface area (Å²) in [4.78, 5) is 3.54. The quantitative estimate of drug-likeness (QED) is 0.850. The fourth-order valence-corrected chi connectivity index (χ4v) is 2.39. The summed E-state index contributed by atoms with van der Waals surface area (Å²) in [7, 11) is 3.70. The molecular formula is C15H22N2O. The van der Waals surface area contributed by atoms with Gasteiger partial charge in [0.05, 0.1) is 7.11 Å². The van der Waals surface area contributed by atoms with Crippen LogP contribution in [0.3, 0.4) is 0 Å². The Labute approximate surface area is 109 Å². The molecule has 0 aliphatic carbocycles. The molecule has 0 atom stereocenters. The molecule has 0 saturated carbocycles. The van der Waals surface area contributed by atoms with Gasteiger partial charge in [-0.1, -0.05) is 13.8 Å². The van der Waals surface area contributed by atoms with E-state index in [0.717, 1.165) is 18.7 Å². The van der Waals surface area contributed by atoms with Crippen LogP contribution in [0.15, 0.2) is 18.2 Å². The molecule has 0 radical (unpaired) electrons. The molecule has 3 nitrogen and oxygen atoms in total. The molecule has 1 aromatic heterocycles. The number of nitrogens with one attached hydrogen (secondary N) is 2. The summed E-state index contributed by atoms with van der Waals surface area (Å²) < 4.78 is 5.32. The Kier molecular flexibility index (Phi) is 3.92. The first kappa shape index (κ1) is 13.0. The maximum absolute atomic E-state index is 5.32. The molecule has 0 saturated heterocycles. The molecule has 2 rings (SSSR count). The van der Waals surface area contributed by atoms with Crippen molar-refractivity contribution in [1.29, 1.82) is 0 Å². The predicted octanol–water partition coefficient (Wildman–Crippen LogP) is 3.06. The number of benzene rings is 1. The van der Waals surface area contributed by atoms with Crippen LogP contribution in [0.1, 0.15) is 31.0 Å². The summed E-state index contributed by atoms with van der Waals surface area (Å²) >= 11 is 0. The minimum absolute atomic E-state index is 0.509. The smallest absolute Gasteiger partial charge is 0.119 e. The maximum atomic E-state index is 5.32. The number of likely N-dealkylation sites (N-methyl/N-ethyl adjacent to an activating group) is 1. The van der Waals surface area contributed by atoms with Crippen molar-refractivity contribution in [3.05, 3.63) is 29.5 Å². The van der Waals surface area contributed by atoms with Gasteiger partial charge in [0, 0.05) is 16.6 Å². The van der Waals surface area contributed by atoms with Gasteiger partial charge in [-0.2, -0.15) is 0 Å². The zero-order valence-corrected chi connectivity index (χ0v) is 11.6. The molecule has 0 fully saturated rings. The molecule has 0 unspecified atom stereocenters. The standard InChI is InChI=1S/C15H22N2O/c1-10(2)15-12(7-8-16-3)13-9-11(18-4)5-6-14(13)17-15/h5-6,9-10,16-17H,7-8H2,1-4H3. The SMILES string of the molecule is CNCCc1c(C(C)C)[nH]c2ccc(OC)cc12. The molecule has 18 heavy (non-hydrogen) atoms. The van der Waals surface area contributed by atoms with Crippen molar-refractivity contribution in [1.82, 2.24) is 10.3 Å². The normalized spacial score (nSPS) is 11.4. The Morgan fingerprint density at radius 2 is 2.11 bits per heavy atom. The number of methoxy groups -OCH3 is 1. The first-order valence-electron chi connectivity index (χ1n) is 6.50. The third-order valence-electron chi connectivity index (χ3n) is 3.35. The van der Waals surface area contributed by atoms with Crippen LogP contribution >= 0.6 is 0 Å². The van der Waals surface area contributed by atoms with Gasteiger partial charge in [0.1, 0.15) is 5.75 Å². The molecule has 3 heteroatoms. The summed E-state index contributed by atoms with van der Waals surface area (Å²) in [5.74, 6) is 1.43. The summed E-state index contributed by atoms with van der Waals surface area (Å²) in [5.41, 5.74) is 3.95. The summed E-state index contributed by atoms with van der Waals surface area (Å²) in [6, 6.07) is 6.23. The van der Waals surface area contributed by atoms with Crippen molar-refractivity contribution in [2.45, 2.75) is 26.2 Å². The maximum Gasteiger partial charge on any atom is 0.119 e. The molecule has 0 spiro atoms.